The molecule has 0 radical (unpaired) electrons. The van der Waals surface area contributed by atoms with E-state index in [0.717, 1.165) is 22.3 Å². The minimum Gasteiger partial charge on any atom is -0.339 e. The van der Waals surface area contributed by atoms with Crippen LogP contribution in [0.3, 0.4) is 0 Å². The highest BCUT2D eigenvalue weighted by molar-refractivity contribution is 5.82. The van der Waals surface area contributed by atoms with E-state index in [1.54, 1.807) is 12.3 Å². The second-order valence-electron chi connectivity index (χ2n) is 3.63. The van der Waals surface area contributed by atoms with Gasteiger partial charge >= 0.3 is 0 Å². The summed E-state index contributed by atoms with van der Waals surface area (Å²) in [4.78, 5) is 7.36. The third kappa shape index (κ3) is 1.46. The van der Waals surface area contributed by atoms with Crippen LogP contribution in [-0.2, 0) is 0 Å². The van der Waals surface area contributed by atoms with Gasteiger partial charge in [0.1, 0.15) is 11.5 Å². The molecule has 1 aromatic carbocycles. The quantitative estimate of drug-likeness (QED) is 0.658. The number of benzene rings is 1. The highest BCUT2D eigenvalue weighted by Gasteiger charge is 2.03. The molecule has 0 bridgehead atoms. The van der Waals surface area contributed by atoms with Gasteiger partial charge in [-0.25, -0.2) is 9.37 Å². The first kappa shape index (κ1) is 9.09. The van der Waals surface area contributed by atoms with E-state index in [1.165, 1.54) is 12.1 Å². The summed E-state index contributed by atoms with van der Waals surface area (Å²) in [5, 5.41) is 1.03. The van der Waals surface area contributed by atoms with Crippen LogP contribution in [0.5, 0.6) is 0 Å². The van der Waals surface area contributed by atoms with Crippen molar-refractivity contribution in [3.8, 4) is 11.3 Å². The van der Waals surface area contributed by atoms with Gasteiger partial charge in [-0.1, -0.05) is 12.1 Å². The molecule has 0 unspecified atom stereocenters. The van der Waals surface area contributed by atoms with Gasteiger partial charge in [0.25, 0.3) is 0 Å². The summed E-state index contributed by atoms with van der Waals surface area (Å²) in [6, 6.07) is 12.3. The minimum atomic E-state index is -0.232. The van der Waals surface area contributed by atoms with E-state index < -0.39 is 0 Å². The average molecular weight is 212 g/mol. The third-order valence-corrected chi connectivity index (χ3v) is 2.53. The molecule has 2 aromatic heterocycles. The molecule has 0 saturated carbocycles. The molecule has 2 nitrogen and oxygen atoms in total. The zero-order valence-electron chi connectivity index (χ0n) is 8.44. The van der Waals surface area contributed by atoms with Crippen LogP contribution >= 0.6 is 0 Å². The lowest BCUT2D eigenvalue weighted by molar-refractivity contribution is 0.628. The Morgan fingerprint density at radius 2 is 2.00 bits per heavy atom. The molecule has 78 valence electrons. The van der Waals surface area contributed by atoms with Gasteiger partial charge < -0.3 is 4.98 Å². The summed E-state index contributed by atoms with van der Waals surface area (Å²) in [5.74, 6) is -0.232. The van der Waals surface area contributed by atoms with Crippen LogP contribution in [-0.4, -0.2) is 9.97 Å². The second-order valence-corrected chi connectivity index (χ2v) is 3.63. The van der Waals surface area contributed by atoms with E-state index in [2.05, 4.69) is 9.97 Å². The Hall–Kier alpha value is -2.16. The maximum absolute atomic E-state index is 13.1. The van der Waals surface area contributed by atoms with Crippen molar-refractivity contribution in [2.45, 2.75) is 0 Å². The van der Waals surface area contributed by atoms with Crippen molar-refractivity contribution in [1.29, 1.82) is 0 Å². The summed E-state index contributed by atoms with van der Waals surface area (Å²) in [6.45, 7) is 0. The number of hydrogen-bond acceptors (Lipinski definition) is 1. The maximum Gasteiger partial charge on any atom is 0.137 e. The van der Waals surface area contributed by atoms with Gasteiger partial charge in [-0.2, -0.15) is 0 Å². The van der Waals surface area contributed by atoms with Gasteiger partial charge in [0, 0.05) is 22.8 Å². The predicted molar refractivity (Wildman–Crippen MR) is 61.5 cm³/mol. The lowest BCUT2D eigenvalue weighted by atomic mass is 10.1. The van der Waals surface area contributed by atoms with Crippen molar-refractivity contribution < 1.29 is 4.39 Å². The van der Waals surface area contributed by atoms with Crippen molar-refractivity contribution in [3.63, 3.8) is 0 Å². The number of rotatable bonds is 1. The van der Waals surface area contributed by atoms with Crippen LogP contribution in [0.25, 0.3) is 22.3 Å². The number of hydrogen-bond donors (Lipinski definition) is 1. The predicted octanol–water partition coefficient (Wildman–Crippen LogP) is 3.37. The summed E-state index contributed by atoms with van der Waals surface area (Å²) in [5.41, 5.74) is 2.54. The zero-order valence-corrected chi connectivity index (χ0v) is 8.44. The molecule has 0 saturated heterocycles. The van der Waals surface area contributed by atoms with Crippen LogP contribution in [0.2, 0.25) is 0 Å². The fourth-order valence-corrected chi connectivity index (χ4v) is 1.77. The highest BCUT2D eigenvalue weighted by Crippen LogP contribution is 2.23. The SMILES string of the molecule is Fc1cccc(-c2cc3cccnc3[nH]2)c1. The zero-order chi connectivity index (χ0) is 11.0. The third-order valence-electron chi connectivity index (χ3n) is 2.53. The number of fused-ring (bicyclic) bond motifs is 1. The van der Waals surface area contributed by atoms with Crippen LogP contribution in [0.1, 0.15) is 0 Å². The first-order chi connectivity index (χ1) is 7.83. The summed E-state index contributed by atoms with van der Waals surface area (Å²) in [6.07, 6.45) is 1.73. The van der Waals surface area contributed by atoms with Crippen molar-refractivity contribution in [2.75, 3.05) is 0 Å². The molecule has 0 aliphatic rings. The molecule has 3 rings (SSSR count). The normalized spacial score (nSPS) is 10.8. The summed E-state index contributed by atoms with van der Waals surface area (Å²) < 4.78 is 13.1. The number of aromatic amines is 1. The van der Waals surface area contributed by atoms with E-state index in [1.807, 2.05) is 24.3 Å². The van der Waals surface area contributed by atoms with Crippen molar-refractivity contribution in [3.05, 3.63) is 54.5 Å². The average Bonchev–Trinajstić information content (AvgIpc) is 2.72. The van der Waals surface area contributed by atoms with E-state index in [-0.39, 0.29) is 5.82 Å². The molecule has 0 aliphatic carbocycles. The van der Waals surface area contributed by atoms with Gasteiger partial charge in [0.2, 0.25) is 0 Å². The molecule has 0 atom stereocenters. The Kier molecular flexibility index (Phi) is 1.96. The molecule has 0 aliphatic heterocycles. The fourth-order valence-electron chi connectivity index (χ4n) is 1.77. The minimum absolute atomic E-state index is 0.232. The van der Waals surface area contributed by atoms with Crippen molar-refractivity contribution in [2.24, 2.45) is 0 Å². The summed E-state index contributed by atoms with van der Waals surface area (Å²) >= 11 is 0. The number of halogens is 1. The summed E-state index contributed by atoms with van der Waals surface area (Å²) in [7, 11) is 0. The Morgan fingerprint density at radius 1 is 1.06 bits per heavy atom. The van der Waals surface area contributed by atoms with Gasteiger partial charge in [-0.15, -0.1) is 0 Å². The van der Waals surface area contributed by atoms with Crippen molar-refractivity contribution >= 4 is 11.0 Å². The number of nitrogens with zero attached hydrogens (tertiary/aromatic N) is 1. The molecule has 16 heavy (non-hydrogen) atoms. The fraction of sp³-hybridized carbons (Fsp3) is 0. The van der Waals surface area contributed by atoms with E-state index in [9.17, 15) is 4.39 Å². The molecule has 3 aromatic rings. The number of aromatic nitrogens is 2. The van der Waals surface area contributed by atoms with Gasteiger partial charge in [-0.3, -0.25) is 0 Å². The van der Waals surface area contributed by atoms with Crippen LogP contribution in [0, 0.1) is 5.82 Å². The Bertz CT molecular complexity index is 610. The Balaban J connectivity index is 2.19. The van der Waals surface area contributed by atoms with E-state index in [0.29, 0.717) is 0 Å². The number of nitrogens with one attached hydrogen (secondary N) is 1. The topological polar surface area (TPSA) is 28.7 Å². The molecular weight excluding hydrogens is 203 g/mol. The lowest BCUT2D eigenvalue weighted by Gasteiger charge is -1.96. The Labute approximate surface area is 91.8 Å². The molecule has 0 fully saturated rings. The van der Waals surface area contributed by atoms with Gasteiger partial charge in [0.05, 0.1) is 0 Å². The first-order valence-electron chi connectivity index (χ1n) is 5.02. The first-order valence-corrected chi connectivity index (χ1v) is 5.02. The van der Waals surface area contributed by atoms with E-state index in [4.69, 9.17) is 0 Å². The van der Waals surface area contributed by atoms with Crippen molar-refractivity contribution in [1.82, 2.24) is 9.97 Å². The molecule has 1 N–H and O–H groups in total. The monoisotopic (exact) mass is 212 g/mol. The molecule has 0 spiro atoms. The Morgan fingerprint density at radius 3 is 2.81 bits per heavy atom. The molecule has 2 heterocycles. The van der Waals surface area contributed by atoms with E-state index >= 15 is 0 Å². The number of H-pyrrole nitrogens is 1. The van der Waals surface area contributed by atoms with Crippen LogP contribution in [0.15, 0.2) is 48.7 Å². The van der Waals surface area contributed by atoms with Crippen LogP contribution < -0.4 is 0 Å². The lowest BCUT2D eigenvalue weighted by Crippen LogP contribution is -1.79. The van der Waals surface area contributed by atoms with Gasteiger partial charge in [0.15, 0.2) is 0 Å². The van der Waals surface area contributed by atoms with Crippen LogP contribution in [0.4, 0.5) is 4.39 Å². The molecule has 3 heteroatoms. The van der Waals surface area contributed by atoms with Gasteiger partial charge in [-0.05, 0) is 30.3 Å². The number of pyridine rings is 1. The molecular formula is C13H9FN2. The highest BCUT2D eigenvalue weighted by atomic mass is 19.1. The second kappa shape index (κ2) is 3.45. The largest absolute Gasteiger partial charge is 0.339 e. The smallest absolute Gasteiger partial charge is 0.137 e. The molecule has 0 amide bonds. The maximum atomic E-state index is 13.1. The standard InChI is InChI=1S/C13H9FN2/c14-11-5-1-3-9(7-11)12-8-10-4-2-6-15-13(10)16-12/h1-8H,(H,15,16).